The van der Waals surface area contributed by atoms with E-state index < -0.39 is 5.79 Å². The number of hydrogen-bond donors (Lipinski definition) is 0. The van der Waals surface area contributed by atoms with Gasteiger partial charge in [-0.3, -0.25) is 4.79 Å². The second-order valence-corrected chi connectivity index (χ2v) is 2.91. The Morgan fingerprint density at radius 2 is 2.09 bits per heavy atom. The summed E-state index contributed by atoms with van der Waals surface area (Å²) in [6, 6.07) is 0. The highest BCUT2D eigenvalue weighted by Crippen LogP contribution is 2.24. The summed E-state index contributed by atoms with van der Waals surface area (Å²) in [4.78, 5) is 10.9. The lowest BCUT2D eigenvalue weighted by molar-refractivity contribution is -0.217. The van der Waals surface area contributed by atoms with Crippen molar-refractivity contribution in [3.63, 3.8) is 0 Å². The Kier molecular flexibility index (Phi) is 1.89. The van der Waals surface area contributed by atoms with Crippen LogP contribution in [0.1, 0.15) is 27.2 Å². The highest BCUT2D eigenvalue weighted by molar-refractivity contribution is 5.73. The topological polar surface area (TPSA) is 35.5 Å². The quantitative estimate of drug-likeness (QED) is 0.499. The van der Waals surface area contributed by atoms with Crippen LogP contribution in [0.3, 0.4) is 0 Å². The number of rotatable bonds is 0. The largest absolute Gasteiger partial charge is 0.457 e. The molecule has 1 heterocycles. The van der Waals surface area contributed by atoms with Gasteiger partial charge in [-0.1, -0.05) is 0 Å². The molecule has 0 atom stereocenters. The van der Waals surface area contributed by atoms with Crippen molar-refractivity contribution in [1.82, 2.24) is 0 Å². The highest BCUT2D eigenvalue weighted by Gasteiger charge is 2.31. The standard InChI is InChI=1S/C8H12O3/c1-4-6-5-7(9)11-8(2,3)10-6/h4H,5H2,1-3H3/b6-4+. The number of carbonyl (C=O) groups is 1. The van der Waals surface area contributed by atoms with Gasteiger partial charge in [-0.25, -0.2) is 0 Å². The van der Waals surface area contributed by atoms with Crippen LogP contribution < -0.4 is 0 Å². The fraction of sp³-hybridized carbons (Fsp3) is 0.625. The van der Waals surface area contributed by atoms with Crippen LogP contribution in [0.15, 0.2) is 11.8 Å². The van der Waals surface area contributed by atoms with E-state index in [1.54, 1.807) is 19.9 Å². The van der Waals surface area contributed by atoms with Crippen molar-refractivity contribution in [2.75, 3.05) is 0 Å². The average molecular weight is 156 g/mol. The normalized spacial score (nSPS) is 26.1. The van der Waals surface area contributed by atoms with Crippen molar-refractivity contribution in [2.24, 2.45) is 0 Å². The number of allylic oxidation sites excluding steroid dienone is 1. The monoisotopic (exact) mass is 156 g/mol. The molecule has 62 valence electrons. The van der Waals surface area contributed by atoms with Crippen molar-refractivity contribution < 1.29 is 14.3 Å². The summed E-state index contributed by atoms with van der Waals surface area (Å²) in [5, 5.41) is 0. The Labute approximate surface area is 66.0 Å². The van der Waals surface area contributed by atoms with E-state index in [-0.39, 0.29) is 12.4 Å². The maximum absolute atomic E-state index is 10.9. The van der Waals surface area contributed by atoms with Gasteiger partial charge in [0.25, 0.3) is 0 Å². The fourth-order valence-electron chi connectivity index (χ4n) is 0.986. The van der Waals surface area contributed by atoms with Gasteiger partial charge in [-0.15, -0.1) is 0 Å². The minimum atomic E-state index is -0.794. The molecule has 3 heteroatoms. The molecule has 0 aromatic carbocycles. The predicted molar refractivity (Wildman–Crippen MR) is 39.6 cm³/mol. The van der Waals surface area contributed by atoms with Gasteiger partial charge in [0.05, 0.1) is 0 Å². The van der Waals surface area contributed by atoms with Crippen molar-refractivity contribution in [2.45, 2.75) is 33.0 Å². The van der Waals surface area contributed by atoms with E-state index in [2.05, 4.69) is 0 Å². The molecule has 0 saturated carbocycles. The van der Waals surface area contributed by atoms with Crippen molar-refractivity contribution in [3.8, 4) is 0 Å². The van der Waals surface area contributed by atoms with Gasteiger partial charge >= 0.3 is 5.97 Å². The molecule has 1 aliphatic heterocycles. The van der Waals surface area contributed by atoms with Crippen molar-refractivity contribution in [1.29, 1.82) is 0 Å². The van der Waals surface area contributed by atoms with Crippen molar-refractivity contribution >= 4 is 5.97 Å². The molecule has 0 spiro atoms. The van der Waals surface area contributed by atoms with E-state index >= 15 is 0 Å². The zero-order valence-electron chi connectivity index (χ0n) is 7.01. The third kappa shape index (κ3) is 1.97. The predicted octanol–water partition coefficient (Wildman–Crippen LogP) is 1.59. The summed E-state index contributed by atoms with van der Waals surface area (Å²) in [7, 11) is 0. The maximum Gasteiger partial charge on any atom is 0.316 e. The number of ether oxygens (including phenoxy) is 2. The van der Waals surface area contributed by atoms with Gasteiger partial charge in [-0.2, -0.15) is 0 Å². The Hall–Kier alpha value is -0.990. The molecule has 0 N–H and O–H groups in total. The smallest absolute Gasteiger partial charge is 0.316 e. The van der Waals surface area contributed by atoms with Crippen molar-refractivity contribution in [3.05, 3.63) is 11.8 Å². The third-order valence-corrected chi connectivity index (χ3v) is 1.38. The zero-order chi connectivity index (χ0) is 8.48. The molecule has 0 aromatic heterocycles. The van der Waals surface area contributed by atoms with Crippen LogP contribution in [-0.2, 0) is 14.3 Å². The molecule has 1 aliphatic rings. The molecule has 3 nitrogen and oxygen atoms in total. The number of cyclic esters (lactones) is 1. The lowest BCUT2D eigenvalue weighted by atomic mass is 10.2. The number of hydrogen-bond acceptors (Lipinski definition) is 3. The third-order valence-electron chi connectivity index (χ3n) is 1.38. The van der Waals surface area contributed by atoms with Gasteiger partial charge in [-0.05, 0) is 13.0 Å². The summed E-state index contributed by atoms with van der Waals surface area (Å²) in [5.74, 6) is -0.336. The second kappa shape index (κ2) is 2.57. The minimum Gasteiger partial charge on any atom is -0.457 e. The molecular weight excluding hydrogens is 144 g/mol. The lowest BCUT2D eigenvalue weighted by Gasteiger charge is -2.31. The molecule has 0 amide bonds. The average Bonchev–Trinajstić information content (AvgIpc) is 1.83. The van der Waals surface area contributed by atoms with Crippen LogP contribution in [0.5, 0.6) is 0 Å². The van der Waals surface area contributed by atoms with E-state index in [1.165, 1.54) is 0 Å². The molecule has 0 unspecified atom stereocenters. The first-order valence-corrected chi connectivity index (χ1v) is 3.59. The summed E-state index contributed by atoms with van der Waals surface area (Å²) in [6.45, 7) is 5.27. The molecule has 1 saturated heterocycles. The van der Waals surface area contributed by atoms with Gasteiger partial charge in [0.1, 0.15) is 12.2 Å². The van der Waals surface area contributed by atoms with Gasteiger partial charge in [0.15, 0.2) is 0 Å². The first-order valence-electron chi connectivity index (χ1n) is 3.59. The Morgan fingerprint density at radius 3 is 2.55 bits per heavy atom. The van der Waals surface area contributed by atoms with E-state index in [1.807, 2.05) is 6.92 Å². The Balaban J connectivity index is 2.74. The molecule has 1 rings (SSSR count). The molecule has 0 aromatic rings. The van der Waals surface area contributed by atoms with E-state index in [0.29, 0.717) is 5.76 Å². The highest BCUT2D eigenvalue weighted by atomic mass is 16.7. The van der Waals surface area contributed by atoms with Gasteiger partial charge in [0.2, 0.25) is 5.79 Å². The molecule has 11 heavy (non-hydrogen) atoms. The second-order valence-electron chi connectivity index (χ2n) is 2.91. The van der Waals surface area contributed by atoms with Crippen LogP contribution in [0.25, 0.3) is 0 Å². The number of carbonyl (C=O) groups excluding carboxylic acids is 1. The van der Waals surface area contributed by atoms with Crippen LogP contribution >= 0.6 is 0 Å². The van der Waals surface area contributed by atoms with Gasteiger partial charge in [0, 0.05) is 13.8 Å². The molecule has 0 aliphatic carbocycles. The molecular formula is C8H12O3. The van der Waals surface area contributed by atoms with E-state index in [9.17, 15) is 4.79 Å². The maximum atomic E-state index is 10.9. The Morgan fingerprint density at radius 1 is 1.45 bits per heavy atom. The summed E-state index contributed by atoms with van der Waals surface area (Å²) < 4.78 is 10.2. The SMILES string of the molecule is C/C=C1\CC(=O)OC(C)(C)O1. The van der Waals surface area contributed by atoms with Crippen LogP contribution in [0.4, 0.5) is 0 Å². The first-order chi connectivity index (χ1) is 5.03. The zero-order valence-corrected chi connectivity index (χ0v) is 7.01. The summed E-state index contributed by atoms with van der Waals surface area (Å²) in [6.07, 6.45) is 2.03. The minimum absolute atomic E-state index is 0.227. The van der Waals surface area contributed by atoms with Crippen LogP contribution in [0, 0.1) is 0 Å². The Bertz CT molecular complexity index is 203. The van der Waals surface area contributed by atoms with E-state index in [4.69, 9.17) is 9.47 Å². The van der Waals surface area contributed by atoms with Crippen LogP contribution in [-0.4, -0.2) is 11.8 Å². The first kappa shape index (κ1) is 8.11. The summed E-state index contributed by atoms with van der Waals surface area (Å²) in [5.41, 5.74) is 0. The van der Waals surface area contributed by atoms with Crippen LogP contribution in [0.2, 0.25) is 0 Å². The molecule has 0 bridgehead atoms. The molecule has 1 fully saturated rings. The van der Waals surface area contributed by atoms with E-state index in [0.717, 1.165) is 0 Å². The lowest BCUT2D eigenvalue weighted by Crippen LogP contribution is -2.36. The summed E-state index contributed by atoms with van der Waals surface area (Å²) >= 11 is 0. The fourth-order valence-corrected chi connectivity index (χ4v) is 0.986. The number of esters is 1. The molecule has 0 radical (unpaired) electrons. The van der Waals surface area contributed by atoms with Gasteiger partial charge < -0.3 is 9.47 Å².